The quantitative estimate of drug-likeness (QED) is 0.230. The average Bonchev–Trinajstić information content (AvgIpc) is 3.43. The molecule has 41 heavy (non-hydrogen) atoms. The van der Waals surface area contributed by atoms with Gasteiger partial charge in [0.05, 0.1) is 11.1 Å². The van der Waals surface area contributed by atoms with E-state index in [2.05, 4.69) is 103 Å². The molecule has 6 aromatic carbocycles. The van der Waals surface area contributed by atoms with Crippen molar-refractivity contribution in [3.05, 3.63) is 146 Å². The fourth-order valence-electron chi connectivity index (χ4n) is 5.74. The van der Waals surface area contributed by atoms with Crippen LogP contribution >= 0.6 is 0 Å². The van der Waals surface area contributed by atoms with Crippen LogP contribution in [0.3, 0.4) is 0 Å². The van der Waals surface area contributed by atoms with Crippen molar-refractivity contribution in [3.63, 3.8) is 0 Å². The van der Waals surface area contributed by atoms with Crippen molar-refractivity contribution in [2.24, 2.45) is 0 Å². The lowest BCUT2D eigenvalue weighted by atomic mass is 9.93. The van der Waals surface area contributed by atoms with Crippen LogP contribution in [0.25, 0.3) is 77.7 Å². The van der Waals surface area contributed by atoms with E-state index in [0.29, 0.717) is 11.5 Å². The van der Waals surface area contributed by atoms with E-state index in [4.69, 9.17) is 14.4 Å². The highest BCUT2D eigenvalue weighted by Crippen LogP contribution is 2.39. The lowest BCUT2D eigenvalue weighted by Crippen LogP contribution is -1.95. The Hall–Kier alpha value is -5.54. The lowest BCUT2D eigenvalue weighted by Gasteiger charge is -2.13. The summed E-state index contributed by atoms with van der Waals surface area (Å²) in [6.07, 6.45) is 0. The third-order valence-electron chi connectivity index (χ3n) is 7.69. The minimum absolute atomic E-state index is 0.590. The molecule has 0 saturated heterocycles. The van der Waals surface area contributed by atoms with Crippen LogP contribution < -0.4 is 0 Å². The minimum Gasteiger partial charge on any atom is -0.438 e. The number of furan rings is 1. The molecule has 0 fully saturated rings. The van der Waals surface area contributed by atoms with Crippen LogP contribution in [0.2, 0.25) is 0 Å². The van der Waals surface area contributed by atoms with Gasteiger partial charge in [-0.1, -0.05) is 121 Å². The lowest BCUT2D eigenvalue weighted by molar-refractivity contribution is 0.653. The van der Waals surface area contributed by atoms with Crippen molar-refractivity contribution in [1.82, 2.24) is 9.97 Å². The molecule has 0 saturated carbocycles. The van der Waals surface area contributed by atoms with Crippen LogP contribution in [-0.4, -0.2) is 9.97 Å². The molecule has 0 atom stereocenters. The zero-order valence-corrected chi connectivity index (χ0v) is 22.2. The molecule has 0 aliphatic carbocycles. The Bertz CT molecular complexity index is 2190. The molecule has 8 rings (SSSR count). The summed E-state index contributed by atoms with van der Waals surface area (Å²) in [5.41, 5.74) is 8.78. The highest BCUT2D eigenvalue weighted by molar-refractivity contribution is 6.10. The molecule has 2 heterocycles. The van der Waals surface area contributed by atoms with Gasteiger partial charge in [0.2, 0.25) is 5.71 Å². The molecular weight excluding hydrogens is 500 g/mol. The second-order valence-corrected chi connectivity index (χ2v) is 10.2. The molecular formula is C38H24N2O. The van der Waals surface area contributed by atoms with Gasteiger partial charge in [-0.15, -0.1) is 0 Å². The van der Waals surface area contributed by atoms with Crippen molar-refractivity contribution < 1.29 is 4.42 Å². The Labute approximate surface area is 237 Å². The Morgan fingerprint density at radius 1 is 0.439 bits per heavy atom. The topological polar surface area (TPSA) is 38.9 Å². The van der Waals surface area contributed by atoms with Gasteiger partial charge in [0, 0.05) is 16.5 Å². The summed E-state index contributed by atoms with van der Waals surface area (Å²) in [5.74, 6) is 0.634. The highest BCUT2D eigenvalue weighted by Gasteiger charge is 2.19. The molecule has 0 aliphatic heterocycles. The predicted molar refractivity (Wildman–Crippen MR) is 169 cm³/mol. The number of nitrogens with zero attached hydrogens (tertiary/aromatic N) is 2. The minimum atomic E-state index is 0.590. The number of para-hydroxylation sites is 1. The Morgan fingerprint density at radius 3 is 1.90 bits per heavy atom. The fourth-order valence-corrected chi connectivity index (χ4v) is 5.74. The van der Waals surface area contributed by atoms with Crippen LogP contribution in [0.1, 0.15) is 0 Å². The molecule has 0 radical (unpaired) electrons. The van der Waals surface area contributed by atoms with Gasteiger partial charge in [-0.05, 0) is 57.3 Å². The average molecular weight is 525 g/mol. The van der Waals surface area contributed by atoms with Crippen molar-refractivity contribution in [2.45, 2.75) is 0 Å². The van der Waals surface area contributed by atoms with Gasteiger partial charge in [0.25, 0.3) is 0 Å². The van der Waals surface area contributed by atoms with Gasteiger partial charge in [0.1, 0.15) is 5.58 Å². The Balaban J connectivity index is 1.42. The smallest absolute Gasteiger partial charge is 0.231 e. The number of hydrogen-bond acceptors (Lipinski definition) is 3. The Morgan fingerprint density at radius 2 is 1.07 bits per heavy atom. The fraction of sp³-hybridized carbons (Fsp3) is 0. The summed E-state index contributed by atoms with van der Waals surface area (Å²) < 4.78 is 6.31. The maximum absolute atomic E-state index is 6.31. The van der Waals surface area contributed by atoms with Crippen molar-refractivity contribution >= 4 is 32.8 Å². The third-order valence-corrected chi connectivity index (χ3v) is 7.69. The number of benzene rings is 6. The number of hydrogen-bond donors (Lipinski definition) is 0. The van der Waals surface area contributed by atoms with E-state index in [9.17, 15) is 0 Å². The van der Waals surface area contributed by atoms with Crippen molar-refractivity contribution in [2.75, 3.05) is 0 Å². The van der Waals surface area contributed by atoms with Crippen LogP contribution in [0.5, 0.6) is 0 Å². The summed E-state index contributed by atoms with van der Waals surface area (Å²) in [5, 5.41) is 4.37. The molecule has 0 spiro atoms. The van der Waals surface area contributed by atoms with Gasteiger partial charge in [-0.3, -0.25) is 0 Å². The van der Waals surface area contributed by atoms with Gasteiger partial charge in [-0.2, -0.15) is 4.98 Å². The SMILES string of the molecule is c1ccc(-c2cc(-c3nc(-c4ccccc4)c4c(n3)oc3ccccc34)cc(-c3cccc4ccccc34)c2)cc1. The Kier molecular flexibility index (Phi) is 5.46. The first kappa shape index (κ1) is 23.4. The van der Waals surface area contributed by atoms with E-state index in [1.807, 2.05) is 42.5 Å². The molecule has 8 aromatic rings. The normalized spacial score (nSPS) is 11.4. The van der Waals surface area contributed by atoms with Gasteiger partial charge in [0.15, 0.2) is 5.82 Å². The van der Waals surface area contributed by atoms with Crippen LogP contribution in [0, 0.1) is 0 Å². The van der Waals surface area contributed by atoms with Crippen LogP contribution in [0.4, 0.5) is 0 Å². The van der Waals surface area contributed by atoms with E-state index in [-0.39, 0.29) is 0 Å². The summed E-state index contributed by atoms with van der Waals surface area (Å²) in [6.45, 7) is 0. The third kappa shape index (κ3) is 4.07. The molecule has 2 aromatic heterocycles. The molecule has 3 heteroatoms. The molecule has 192 valence electrons. The first-order valence-corrected chi connectivity index (χ1v) is 13.8. The maximum Gasteiger partial charge on any atom is 0.231 e. The largest absolute Gasteiger partial charge is 0.438 e. The molecule has 3 nitrogen and oxygen atoms in total. The molecule has 0 N–H and O–H groups in total. The van der Waals surface area contributed by atoms with E-state index in [0.717, 1.165) is 49.9 Å². The monoisotopic (exact) mass is 524 g/mol. The number of rotatable bonds is 4. The van der Waals surface area contributed by atoms with Crippen LogP contribution in [-0.2, 0) is 0 Å². The second kappa shape index (κ2) is 9.58. The zero-order chi connectivity index (χ0) is 27.2. The van der Waals surface area contributed by atoms with E-state index in [1.54, 1.807) is 0 Å². The molecule has 0 unspecified atom stereocenters. The van der Waals surface area contributed by atoms with Crippen LogP contribution in [0.15, 0.2) is 150 Å². The van der Waals surface area contributed by atoms with Crippen molar-refractivity contribution in [3.8, 4) is 44.9 Å². The molecule has 0 aliphatic rings. The van der Waals surface area contributed by atoms with Gasteiger partial charge >= 0.3 is 0 Å². The van der Waals surface area contributed by atoms with E-state index in [1.165, 1.54) is 16.3 Å². The van der Waals surface area contributed by atoms with Gasteiger partial charge < -0.3 is 4.42 Å². The molecule has 0 bridgehead atoms. The molecule has 0 amide bonds. The van der Waals surface area contributed by atoms with E-state index >= 15 is 0 Å². The first-order valence-electron chi connectivity index (χ1n) is 13.8. The number of aromatic nitrogens is 2. The first-order chi connectivity index (χ1) is 20.3. The highest BCUT2D eigenvalue weighted by atomic mass is 16.3. The summed E-state index contributed by atoms with van der Waals surface area (Å²) in [4.78, 5) is 10.2. The zero-order valence-electron chi connectivity index (χ0n) is 22.2. The summed E-state index contributed by atoms with van der Waals surface area (Å²) >= 11 is 0. The van der Waals surface area contributed by atoms with Crippen molar-refractivity contribution in [1.29, 1.82) is 0 Å². The summed E-state index contributed by atoms with van der Waals surface area (Å²) in [6, 6.07) is 50.5. The number of fused-ring (bicyclic) bond motifs is 4. The standard InChI is InChI=1S/C38H24N2O/c1-3-12-25(13-4-1)28-22-29(32-20-11-17-26-14-7-8-18-31(26)32)24-30(23-28)37-39-36(27-15-5-2-6-16-27)35-33-19-9-10-21-34(33)41-38(35)40-37/h1-24H. The predicted octanol–water partition coefficient (Wildman–Crippen LogP) is 10.2. The van der Waals surface area contributed by atoms with E-state index < -0.39 is 0 Å². The summed E-state index contributed by atoms with van der Waals surface area (Å²) in [7, 11) is 0. The van der Waals surface area contributed by atoms with Gasteiger partial charge in [-0.25, -0.2) is 4.98 Å². The maximum atomic E-state index is 6.31. The second-order valence-electron chi connectivity index (χ2n) is 10.2.